The second kappa shape index (κ2) is 3.66. The number of hydrogen-bond donors (Lipinski definition) is 1. The summed E-state index contributed by atoms with van der Waals surface area (Å²) in [7, 11) is 0. The van der Waals surface area contributed by atoms with Gasteiger partial charge in [-0.05, 0) is 25.5 Å². The fraction of sp³-hybridized carbons (Fsp3) is 0.417. The number of aromatic nitrogens is 2. The SMILES string of the molecule is c1ccc2c(c1)cnn2CC1CCCN1. The zero-order chi connectivity index (χ0) is 10.1. The Labute approximate surface area is 89.1 Å². The average Bonchev–Trinajstić information content (AvgIpc) is 2.89. The van der Waals surface area contributed by atoms with Crippen molar-refractivity contribution in [2.24, 2.45) is 0 Å². The van der Waals surface area contributed by atoms with Gasteiger partial charge in [-0.2, -0.15) is 5.10 Å². The first kappa shape index (κ1) is 8.92. The summed E-state index contributed by atoms with van der Waals surface area (Å²) in [5.74, 6) is 0. The van der Waals surface area contributed by atoms with Crippen molar-refractivity contribution in [3.63, 3.8) is 0 Å². The van der Waals surface area contributed by atoms with Gasteiger partial charge in [-0.3, -0.25) is 4.68 Å². The van der Waals surface area contributed by atoms with E-state index in [0.717, 1.165) is 13.1 Å². The second-order valence-electron chi connectivity index (χ2n) is 4.18. The number of rotatable bonds is 2. The van der Waals surface area contributed by atoms with E-state index in [0.29, 0.717) is 6.04 Å². The van der Waals surface area contributed by atoms with Gasteiger partial charge in [0.25, 0.3) is 0 Å². The summed E-state index contributed by atoms with van der Waals surface area (Å²) in [6.45, 7) is 2.15. The lowest BCUT2D eigenvalue weighted by molar-refractivity contribution is 0.486. The van der Waals surface area contributed by atoms with E-state index in [1.54, 1.807) is 0 Å². The van der Waals surface area contributed by atoms with Crippen LogP contribution in [0.25, 0.3) is 10.9 Å². The van der Waals surface area contributed by atoms with Crippen molar-refractivity contribution in [1.29, 1.82) is 0 Å². The van der Waals surface area contributed by atoms with Gasteiger partial charge in [-0.15, -0.1) is 0 Å². The van der Waals surface area contributed by atoms with Gasteiger partial charge in [-0.1, -0.05) is 18.2 Å². The third-order valence-corrected chi connectivity index (χ3v) is 3.11. The molecule has 1 fully saturated rings. The van der Waals surface area contributed by atoms with Crippen molar-refractivity contribution in [2.75, 3.05) is 6.54 Å². The predicted octanol–water partition coefficient (Wildman–Crippen LogP) is 1.79. The second-order valence-corrected chi connectivity index (χ2v) is 4.18. The Bertz CT molecular complexity index is 455. The topological polar surface area (TPSA) is 29.9 Å². The zero-order valence-electron chi connectivity index (χ0n) is 8.69. The number of nitrogens with zero attached hydrogens (tertiary/aromatic N) is 2. The lowest BCUT2D eigenvalue weighted by Gasteiger charge is -2.10. The van der Waals surface area contributed by atoms with Crippen molar-refractivity contribution in [1.82, 2.24) is 15.1 Å². The molecule has 1 aliphatic rings. The van der Waals surface area contributed by atoms with Gasteiger partial charge < -0.3 is 5.32 Å². The first-order valence-electron chi connectivity index (χ1n) is 5.57. The van der Waals surface area contributed by atoms with Crippen molar-refractivity contribution in [2.45, 2.75) is 25.4 Å². The molecule has 78 valence electrons. The first-order chi connectivity index (χ1) is 7.43. The van der Waals surface area contributed by atoms with Crippen LogP contribution in [-0.4, -0.2) is 22.4 Å². The molecule has 1 unspecified atom stereocenters. The van der Waals surface area contributed by atoms with E-state index >= 15 is 0 Å². The molecule has 1 atom stereocenters. The minimum atomic E-state index is 0.605. The van der Waals surface area contributed by atoms with Crippen LogP contribution in [0.4, 0.5) is 0 Å². The Morgan fingerprint density at radius 1 is 1.40 bits per heavy atom. The number of benzene rings is 1. The van der Waals surface area contributed by atoms with Gasteiger partial charge >= 0.3 is 0 Å². The summed E-state index contributed by atoms with van der Waals surface area (Å²) >= 11 is 0. The molecule has 0 bridgehead atoms. The molecule has 0 radical (unpaired) electrons. The van der Waals surface area contributed by atoms with Crippen molar-refractivity contribution in [3.05, 3.63) is 30.5 Å². The highest BCUT2D eigenvalue weighted by molar-refractivity contribution is 5.78. The molecular formula is C12H15N3. The summed E-state index contributed by atoms with van der Waals surface area (Å²) in [6.07, 6.45) is 4.52. The Morgan fingerprint density at radius 2 is 2.33 bits per heavy atom. The van der Waals surface area contributed by atoms with Gasteiger partial charge in [0.05, 0.1) is 18.3 Å². The lowest BCUT2D eigenvalue weighted by Crippen LogP contribution is -2.27. The molecular weight excluding hydrogens is 186 g/mol. The Hall–Kier alpha value is -1.35. The van der Waals surface area contributed by atoms with Crippen molar-refractivity contribution >= 4 is 10.9 Å². The molecule has 3 nitrogen and oxygen atoms in total. The van der Waals surface area contributed by atoms with E-state index < -0.39 is 0 Å². The van der Waals surface area contributed by atoms with Crippen LogP contribution < -0.4 is 5.32 Å². The van der Waals surface area contributed by atoms with Gasteiger partial charge in [0, 0.05) is 11.4 Å². The normalized spacial score (nSPS) is 21.2. The van der Waals surface area contributed by atoms with Crippen LogP contribution >= 0.6 is 0 Å². The molecule has 1 aromatic heterocycles. The summed E-state index contributed by atoms with van der Waals surface area (Å²) in [5, 5.41) is 9.17. The van der Waals surface area contributed by atoms with E-state index in [1.807, 2.05) is 6.20 Å². The van der Waals surface area contributed by atoms with Gasteiger partial charge in [0.15, 0.2) is 0 Å². The average molecular weight is 201 g/mol. The van der Waals surface area contributed by atoms with Gasteiger partial charge in [-0.25, -0.2) is 0 Å². The lowest BCUT2D eigenvalue weighted by atomic mass is 10.2. The maximum atomic E-state index is 4.44. The fourth-order valence-corrected chi connectivity index (χ4v) is 2.29. The van der Waals surface area contributed by atoms with Gasteiger partial charge in [0.2, 0.25) is 0 Å². The Morgan fingerprint density at radius 3 is 3.20 bits per heavy atom. The monoisotopic (exact) mass is 201 g/mol. The van der Waals surface area contributed by atoms with E-state index in [2.05, 4.69) is 39.4 Å². The molecule has 1 aromatic carbocycles. The standard InChI is InChI=1S/C12H15N3/c1-2-6-12-10(4-1)8-14-15(12)9-11-5-3-7-13-11/h1-2,4,6,8,11,13H,3,5,7,9H2. The molecule has 0 saturated carbocycles. The molecule has 1 saturated heterocycles. The molecule has 0 amide bonds. The van der Waals surface area contributed by atoms with Crippen LogP contribution in [0.5, 0.6) is 0 Å². The molecule has 3 rings (SSSR count). The van der Waals surface area contributed by atoms with Gasteiger partial charge in [0.1, 0.15) is 0 Å². The minimum absolute atomic E-state index is 0.605. The van der Waals surface area contributed by atoms with Crippen LogP contribution in [0, 0.1) is 0 Å². The first-order valence-corrected chi connectivity index (χ1v) is 5.57. The number of nitrogens with one attached hydrogen (secondary N) is 1. The maximum Gasteiger partial charge on any atom is 0.0683 e. The summed E-state index contributed by atoms with van der Waals surface area (Å²) < 4.78 is 2.11. The highest BCUT2D eigenvalue weighted by atomic mass is 15.3. The number of hydrogen-bond acceptors (Lipinski definition) is 2. The summed E-state index contributed by atoms with van der Waals surface area (Å²) in [5.41, 5.74) is 1.24. The van der Waals surface area contributed by atoms with E-state index in [4.69, 9.17) is 0 Å². The molecule has 2 heterocycles. The quantitative estimate of drug-likeness (QED) is 0.802. The highest BCUT2D eigenvalue weighted by Gasteiger charge is 2.15. The minimum Gasteiger partial charge on any atom is -0.312 e. The van der Waals surface area contributed by atoms with Crippen LogP contribution in [0.15, 0.2) is 30.5 Å². The maximum absolute atomic E-state index is 4.44. The third kappa shape index (κ3) is 1.63. The molecule has 0 aliphatic carbocycles. The van der Waals surface area contributed by atoms with Crippen LogP contribution in [0.2, 0.25) is 0 Å². The molecule has 15 heavy (non-hydrogen) atoms. The van der Waals surface area contributed by atoms with E-state index in [9.17, 15) is 0 Å². The molecule has 2 aromatic rings. The smallest absolute Gasteiger partial charge is 0.0683 e. The van der Waals surface area contributed by atoms with Crippen LogP contribution in [0.3, 0.4) is 0 Å². The Balaban J connectivity index is 1.90. The highest BCUT2D eigenvalue weighted by Crippen LogP contribution is 2.15. The number of para-hydroxylation sites is 1. The van der Waals surface area contributed by atoms with Crippen molar-refractivity contribution in [3.8, 4) is 0 Å². The number of fused-ring (bicyclic) bond motifs is 1. The van der Waals surface area contributed by atoms with Crippen LogP contribution in [-0.2, 0) is 6.54 Å². The van der Waals surface area contributed by atoms with Crippen LogP contribution in [0.1, 0.15) is 12.8 Å². The summed E-state index contributed by atoms with van der Waals surface area (Å²) in [4.78, 5) is 0. The molecule has 0 spiro atoms. The van der Waals surface area contributed by atoms with E-state index in [-0.39, 0.29) is 0 Å². The Kier molecular flexibility index (Phi) is 2.18. The zero-order valence-corrected chi connectivity index (χ0v) is 8.69. The van der Waals surface area contributed by atoms with E-state index in [1.165, 1.54) is 23.7 Å². The molecule has 3 heteroatoms. The third-order valence-electron chi connectivity index (χ3n) is 3.11. The summed E-state index contributed by atoms with van der Waals surface area (Å²) in [6, 6.07) is 8.98. The van der Waals surface area contributed by atoms with Crippen molar-refractivity contribution < 1.29 is 0 Å². The predicted molar refractivity (Wildman–Crippen MR) is 60.8 cm³/mol. The molecule has 1 N–H and O–H groups in total. The largest absolute Gasteiger partial charge is 0.312 e. The molecule has 1 aliphatic heterocycles. The fourth-order valence-electron chi connectivity index (χ4n) is 2.29.